The molecule has 0 aliphatic rings. The molecular weight excluding hydrogens is 336 g/mol. The van der Waals surface area contributed by atoms with Gasteiger partial charge in [-0.25, -0.2) is 4.79 Å². The number of anilines is 1. The van der Waals surface area contributed by atoms with Crippen LogP contribution in [0.2, 0.25) is 0 Å². The minimum absolute atomic E-state index is 0.355. The summed E-state index contributed by atoms with van der Waals surface area (Å²) in [4.78, 5) is 23.7. The normalized spacial score (nSPS) is 11.0. The van der Waals surface area contributed by atoms with Crippen LogP contribution in [0.4, 0.5) is 14.5 Å². The number of carbonyl (C=O) groups excluding carboxylic acids is 1. The van der Waals surface area contributed by atoms with Crippen LogP contribution in [-0.4, -0.2) is 11.7 Å². The summed E-state index contributed by atoms with van der Waals surface area (Å²) in [6.07, 6.45) is 0. The molecule has 4 nitrogen and oxygen atoms in total. The van der Waals surface area contributed by atoms with Crippen molar-refractivity contribution < 1.29 is 18.0 Å². The minimum atomic E-state index is -2.50. The molecule has 2 aromatic carbocycles. The Morgan fingerprint density at radius 3 is 2.50 bits per heavy atom. The van der Waals surface area contributed by atoms with Gasteiger partial charge in [-0.2, -0.15) is 8.78 Å². The first kappa shape index (κ1) is 16.2. The molecule has 0 aliphatic carbocycles. The van der Waals surface area contributed by atoms with Crippen LogP contribution in [0.1, 0.15) is 10.4 Å². The second kappa shape index (κ2) is 6.84. The van der Waals surface area contributed by atoms with Crippen molar-refractivity contribution in [2.24, 2.45) is 0 Å². The van der Waals surface area contributed by atoms with E-state index in [0.717, 1.165) is 0 Å². The molecule has 7 heteroatoms. The predicted octanol–water partition coefficient (Wildman–Crippen LogP) is 4.36. The molecule has 1 amide bonds. The number of hydrogen-bond acceptors (Lipinski definition) is 4. The van der Waals surface area contributed by atoms with Gasteiger partial charge in [0.25, 0.3) is 11.7 Å². The van der Waals surface area contributed by atoms with E-state index in [1.807, 2.05) is 0 Å². The number of hydrogen-bond donors (Lipinski definition) is 1. The summed E-state index contributed by atoms with van der Waals surface area (Å²) < 4.78 is 29.6. The summed E-state index contributed by atoms with van der Waals surface area (Å²) in [5.74, 6) is -2.86. The van der Waals surface area contributed by atoms with E-state index in [9.17, 15) is 18.4 Å². The number of rotatable bonds is 4. The quantitative estimate of drug-likeness (QED) is 0.563. The van der Waals surface area contributed by atoms with Crippen molar-refractivity contribution in [3.05, 3.63) is 70.6 Å². The van der Waals surface area contributed by atoms with E-state index < -0.39 is 11.4 Å². The number of amides is 1. The molecule has 1 heterocycles. The van der Waals surface area contributed by atoms with Gasteiger partial charge in [-0.15, -0.1) is 0 Å². The number of alkyl halides is 2. The largest absolute Gasteiger partial charge is 0.423 e. The molecule has 0 spiro atoms. The van der Waals surface area contributed by atoms with Crippen molar-refractivity contribution in [3.8, 4) is 0 Å². The highest BCUT2D eigenvalue weighted by Crippen LogP contribution is 2.25. The minimum Gasteiger partial charge on any atom is -0.423 e. The third-order valence-corrected chi connectivity index (χ3v) is 3.94. The van der Waals surface area contributed by atoms with Crippen molar-refractivity contribution in [3.63, 3.8) is 0 Å². The molecule has 0 fully saturated rings. The van der Waals surface area contributed by atoms with Crippen LogP contribution < -0.4 is 10.9 Å². The van der Waals surface area contributed by atoms with Crippen LogP contribution in [0.25, 0.3) is 11.0 Å². The van der Waals surface area contributed by atoms with E-state index >= 15 is 0 Å². The summed E-state index contributed by atoms with van der Waals surface area (Å²) in [5.41, 5.74) is 0.871. The van der Waals surface area contributed by atoms with Crippen molar-refractivity contribution in [1.29, 1.82) is 0 Å². The second-order valence-corrected chi connectivity index (χ2v) is 5.93. The van der Waals surface area contributed by atoms with Crippen molar-refractivity contribution in [1.82, 2.24) is 0 Å². The molecule has 3 rings (SSSR count). The lowest BCUT2D eigenvalue weighted by atomic mass is 10.2. The highest BCUT2D eigenvalue weighted by Gasteiger charge is 2.09. The molecule has 1 aromatic heterocycles. The van der Waals surface area contributed by atoms with Gasteiger partial charge in [-0.05, 0) is 48.5 Å². The Morgan fingerprint density at radius 2 is 1.79 bits per heavy atom. The number of fused-ring (bicyclic) bond motifs is 1. The summed E-state index contributed by atoms with van der Waals surface area (Å²) in [7, 11) is 0. The molecule has 0 saturated heterocycles. The van der Waals surface area contributed by atoms with Gasteiger partial charge in [0.1, 0.15) is 5.58 Å². The van der Waals surface area contributed by atoms with Crippen LogP contribution in [0.5, 0.6) is 0 Å². The van der Waals surface area contributed by atoms with Crippen molar-refractivity contribution in [2.75, 3.05) is 5.32 Å². The van der Waals surface area contributed by atoms with E-state index in [4.69, 9.17) is 4.42 Å². The first-order chi connectivity index (χ1) is 11.5. The van der Waals surface area contributed by atoms with Gasteiger partial charge in [-0.1, -0.05) is 11.8 Å². The Kier molecular flexibility index (Phi) is 4.61. The van der Waals surface area contributed by atoms with E-state index in [1.165, 1.54) is 30.3 Å². The smallest absolute Gasteiger partial charge is 0.336 e. The zero-order chi connectivity index (χ0) is 17.1. The molecule has 0 unspecified atom stereocenters. The Bertz CT molecular complexity index is 938. The molecule has 0 saturated carbocycles. The first-order valence-electron chi connectivity index (χ1n) is 6.91. The molecule has 0 bridgehead atoms. The Balaban J connectivity index is 1.76. The standard InChI is InChI=1S/C17H11F2NO3S/c18-17(19)24-13-5-1-10(2-6-13)16(22)20-12-4-7-14-11(9-12)3-8-15(21)23-14/h1-9,17H,(H,20,22). The fourth-order valence-electron chi connectivity index (χ4n) is 2.14. The Hall–Kier alpha value is -2.67. The van der Waals surface area contributed by atoms with Crippen LogP contribution >= 0.6 is 11.8 Å². The van der Waals surface area contributed by atoms with Crippen molar-refractivity contribution in [2.45, 2.75) is 10.7 Å². The highest BCUT2D eigenvalue weighted by atomic mass is 32.2. The van der Waals surface area contributed by atoms with E-state index in [2.05, 4.69) is 5.32 Å². The molecule has 1 N–H and O–H groups in total. The van der Waals surface area contributed by atoms with Gasteiger partial charge in [0, 0.05) is 27.6 Å². The summed E-state index contributed by atoms with van der Waals surface area (Å²) in [5, 5.41) is 3.39. The van der Waals surface area contributed by atoms with Gasteiger partial charge in [0.05, 0.1) is 0 Å². The number of halogens is 2. The fourth-order valence-corrected chi connectivity index (χ4v) is 2.64. The lowest BCUT2D eigenvalue weighted by molar-refractivity contribution is 0.102. The van der Waals surface area contributed by atoms with Crippen LogP contribution in [-0.2, 0) is 0 Å². The molecule has 0 atom stereocenters. The lowest BCUT2D eigenvalue weighted by Crippen LogP contribution is -2.11. The second-order valence-electron chi connectivity index (χ2n) is 4.86. The molecule has 0 aliphatic heterocycles. The van der Waals surface area contributed by atoms with Gasteiger partial charge >= 0.3 is 5.63 Å². The molecule has 122 valence electrons. The van der Waals surface area contributed by atoms with Crippen LogP contribution in [0.3, 0.4) is 0 Å². The van der Waals surface area contributed by atoms with E-state index in [0.29, 0.717) is 38.9 Å². The number of nitrogens with one attached hydrogen (secondary N) is 1. The SMILES string of the molecule is O=C(Nc1ccc2oc(=O)ccc2c1)c1ccc(SC(F)F)cc1. The number of thioether (sulfide) groups is 1. The predicted molar refractivity (Wildman–Crippen MR) is 88.7 cm³/mol. The third-order valence-electron chi connectivity index (χ3n) is 3.22. The lowest BCUT2D eigenvalue weighted by Gasteiger charge is -2.07. The zero-order valence-electron chi connectivity index (χ0n) is 12.2. The molecule has 3 aromatic rings. The number of carbonyl (C=O) groups is 1. The van der Waals surface area contributed by atoms with Crippen molar-refractivity contribution >= 4 is 34.3 Å². The topological polar surface area (TPSA) is 59.3 Å². The van der Waals surface area contributed by atoms with E-state index in [-0.39, 0.29) is 5.91 Å². The maximum atomic E-state index is 12.3. The Labute approximate surface area is 139 Å². The molecule has 24 heavy (non-hydrogen) atoms. The van der Waals surface area contributed by atoms with Gasteiger partial charge in [0.15, 0.2) is 0 Å². The summed E-state index contributed by atoms with van der Waals surface area (Å²) in [6, 6.07) is 13.7. The average Bonchev–Trinajstić information content (AvgIpc) is 2.55. The maximum absolute atomic E-state index is 12.3. The van der Waals surface area contributed by atoms with Gasteiger partial charge in [-0.3, -0.25) is 4.79 Å². The third kappa shape index (κ3) is 3.80. The maximum Gasteiger partial charge on any atom is 0.336 e. The summed E-state index contributed by atoms with van der Waals surface area (Å²) in [6.45, 7) is 0. The number of benzene rings is 2. The monoisotopic (exact) mass is 347 g/mol. The van der Waals surface area contributed by atoms with E-state index in [1.54, 1.807) is 24.3 Å². The van der Waals surface area contributed by atoms with Crippen LogP contribution in [0.15, 0.2) is 68.7 Å². The van der Waals surface area contributed by atoms with Crippen LogP contribution in [0, 0.1) is 0 Å². The zero-order valence-corrected chi connectivity index (χ0v) is 13.0. The van der Waals surface area contributed by atoms with Gasteiger partial charge < -0.3 is 9.73 Å². The highest BCUT2D eigenvalue weighted by molar-refractivity contribution is 7.99. The van der Waals surface area contributed by atoms with Gasteiger partial charge in [0.2, 0.25) is 0 Å². The Morgan fingerprint density at radius 1 is 1.04 bits per heavy atom. The molecule has 0 radical (unpaired) electrons. The molecular formula is C17H11F2NO3S. The summed E-state index contributed by atoms with van der Waals surface area (Å²) >= 11 is 0.424. The first-order valence-corrected chi connectivity index (χ1v) is 7.79. The fraction of sp³-hybridized carbons (Fsp3) is 0.0588. The average molecular weight is 347 g/mol.